The second-order valence-corrected chi connectivity index (χ2v) is 10.9. The Morgan fingerprint density at radius 2 is 1.77 bits per heavy atom. The Bertz CT molecular complexity index is 1140. The van der Waals surface area contributed by atoms with E-state index in [1.807, 2.05) is 67.6 Å². The number of carbonyl (C=O) groups is 1. The fraction of sp³-hybridized carbons (Fsp3) is 0.261. The number of nitrogens with zero attached hydrogens (tertiary/aromatic N) is 1. The Morgan fingerprint density at radius 3 is 2.50 bits per heavy atom. The van der Waals surface area contributed by atoms with Crippen molar-refractivity contribution < 1.29 is 13.2 Å². The van der Waals surface area contributed by atoms with E-state index >= 15 is 0 Å². The topological polar surface area (TPSA) is 66.5 Å². The van der Waals surface area contributed by atoms with Crippen LogP contribution in [-0.2, 0) is 14.8 Å². The molecule has 5 nitrogen and oxygen atoms in total. The second-order valence-electron chi connectivity index (χ2n) is 7.47. The van der Waals surface area contributed by atoms with Gasteiger partial charge in [-0.2, -0.15) is 4.31 Å². The summed E-state index contributed by atoms with van der Waals surface area (Å²) in [6.07, 6.45) is 1.34. The first-order valence-electron chi connectivity index (χ1n) is 9.97. The maximum Gasteiger partial charge on any atom is 0.252 e. The number of aryl methyl sites for hydroxylation is 1. The van der Waals surface area contributed by atoms with Gasteiger partial charge in [0, 0.05) is 29.2 Å². The van der Waals surface area contributed by atoms with E-state index < -0.39 is 10.0 Å². The van der Waals surface area contributed by atoms with Crippen LogP contribution in [0.3, 0.4) is 0 Å². The predicted octanol–water partition coefficient (Wildman–Crippen LogP) is 4.76. The van der Waals surface area contributed by atoms with E-state index in [1.54, 1.807) is 6.07 Å². The Labute approximate surface area is 181 Å². The predicted molar refractivity (Wildman–Crippen MR) is 121 cm³/mol. The molecule has 1 aromatic heterocycles. The van der Waals surface area contributed by atoms with E-state index in [9.17, 15) is 13.2 Å². The molecule has 0 radical (unpaired) electrons. The number of sulfonamides is 1. The fourth-order valence-corrected chi connectivity index (χ4v) is 6.71. The lowest BCUT2D eigenvalue weighted by Gasteiger charge is -2.31. The molecule has 1 aliphatic heterocycles. The van der Waals surface area contributed by atoms with Crippen molar-refractivity contribution in [3.8, 4) is 11.1 Å². The van der Waals surface area contributed by atoms with E-state index in [4.69, 9.17) is 0 Å². The van der Waals surface area contributed by atoms with Gasteiger partial charge in [-0.3, -0.25) is 4.79 Å². The zero-order chi connectivity index (χ0) is 21.1. The monoisotopic (exact) mass is 440 g/mol. The van der Waals surface area contributed by atoms with Crippen LogP contribution in [0.1, 0.15) is 17.7 Å². The molecule has 2 aromatic carbocycles. The van der Waals surface area contributed by atoms with Gasteiger partial charge in [0.25, 0.3) is 10.0 Å². The largest absolute Gasteiger partial charge is 0.325 e. The zero-order valence-electron chi connectivity index (χ0n) is 16.7. The molecule has 0 spiro atoms. The summed E-state index contributed by atoms with van der Waals surface area (Å²) < 4.78 is 27.7. The lowest BCUT2D eigenvalue weighted by molar-refractivity contribution is -0.120. The highest BCUT2D eigenvalue weighted by Gasteiger charge is 2.34. The van der Waals surface area contributed by atoms with Crippen LogP contribution in [0.25, 0.3) is 11.1 Å². The summed E-state index contributed by atoms with van der Waals surface area (Å²) >= 11 is 1.27. The molecule has 1 fully saturated rings. The average Bonchev–Trinajstić information content (AvgIpc) is 3.22. The molecule has 1 atom stereocenters. The third-order valence-electron chi connectivity index (χ3n) is 5.33. The van der Waals surface area contributed by atoms with Crippen LogP contribution in [0, 0.1) is 12.8 Å². The zero-order valence-corrected chi connectivity index (χ0v) is 18.4. The number of hydrogen-bond acceptors (Lipinski definition) is 4. The summed E-state index contributed by atoms with van der Waals surface area (Å²) in [5.41, 5.74) is 2.71. The molecule has 1 saturated heterocycles. The molecule has 2 heterocycles. The quantitative estimate of drug-likeness (QED) is 0.622. The highest BCUT2D eigenvalue weighted by molar-refractivity contribution is 7.91. The van der Waals surface area contributed by atoms with Crippen molar-refractivity contribution in [3.05, 3.63) is 71.6 Å². The van der Waals surface area contributed by atoms with E-state index in [1.165, 1.54) is 15.6 Å². The summed E-state index contributed by atoms with van der Waals surface area (Å²) in [4.78, 5) is 14.0. The van der Waals surface area contributed by atoms with Crippen molar-refractivity contribution in [3.63, 3.8) is 0 Å². The first kappa shape index (κ1) is 20.8. The Kier molecular flexibility index (Phi) is 6.04. The van der Waals surface area contributed by atoms with Gasteiger partial charge in [-0.05, 0) is 43.5 Å². The average molecular weight is 441 g/mol. The summed E-state index contributed by atoms with van der Waals surface area (Å²) in [6.45, 7) is 2.54. The minimum Gasteiger partial charge on any atom is -0.325 e. The minimum atomic E-state index is -3.56. The Balaban J connectivity index is 1.51. The van der Waals surface area contributed by atoms with Crippen molar-refractivity contribution in [1.82, 2.24) is 4.31 Å². The van der Waals surface area contributed by atoms with E-state index in [-0.39, 0.29) is 18.4 Å². The molecule has 1 amide bonds. The molecule has 0 unspecified atom stereocenters. The molecule has 7 heteroatoms. The van der Waals surface area contributed by atoms with Gasteiger partial charge in [-0.15, -0.1) is 11.3 Å². The number of rotatable bonds is 5. The summed E-state index contributed by atoms with van der Waals surface area (Å²) in [7, 11) is -3.56. The van der Waals surface area contributed by atoms with Crippen LogP contribution in [0.2, 0.25) is 0 Å². The van der Waals surface area contributed by atoms with E-state index in [0.717, 1.165) is 21.7 Å². The van der Waals surface area contributed by atoms with Gasteiger partial charge in [0.15, 0.2) is 0 Å². The standard InChI is InChI=1S/C23H24N2O3S2/c1-17-13-14-22(29-17)30(27,28)25-15-7-10-19(16-25)23(26)24-21-12-6-5-11-20(21)18-8-3-2-4-9-18/h2-6,8-9,11-14,19H,7,10,15-16H2,1H3,(H,24,26)/t19-/m0/s1. The Morgan fingerprint density at radius 1 is 1.03 bits per heavy atom. The van der Waals surface area contributed by atoms with Crippen LogP contribution >= 0.6 is 11.3 Å². The summed E-state index contributed by atoms with van der Waals surface area (Å²) in [5.74, 6) is -0.515. The number of amides is 1. The SMILES string of the molecule is Cc1ccc(S(=O)(=O)N2CCC[C@H](C(=O)Nc3ccccc3-c3ccccc3)C2)s1. The molecule has 3 aromatic rings. The van der Waals surface area contributed by atoms with Crippen LogP contribution in [0.5, 0.6) is 0 Å². The van der Waals surface area contributed by atoms with Crippen LogP contribution < -0.4 is 5.32 Å². The molecule has 156 valence electrons. The summed E-state index contributed by atoms with van der Waals surface area (Å²) in [5, 5.41) is 3.04. The molecule has 1 N–H and O–H groups in total. The molecule has 30 heavy (non-hydrogen) atoms. The number of benzene rings is 2. The molecule has 0 aliphatic carbocycles. The first-order valence-corrected chi connectivity index (χ1v) is 12.2. The van der Waals surface area contributed by atoms with Gasteiger partial charge in [0.1, 0.15) is 4.21 Å². The van der Waals surface area contributed by atoms with E-state index in [0.29, 0.717) is 23.6 Å². The molecular formula is C23H24N2O3S2. The number of para-hydroxylation sites is 1. The van der Waals surface area contributed by atoms with Crippen LogP contribution in [-0.4, -0.2) is 31.7 Å². The number of thiophene rings is 1. The van der Waals surface area contributed by atoms with Crippen molar-refractivity contribution in [2.45, 2.75) is 24.0 Å². The van der Waals surface area contributed by atoms with Gasteiger partial charge < -0.3 is 5.32 Å². The van der Waals surface area contributed by atoms with Crippen molar-refractivity contribution in [2.24, 2.45) is 5.92 Å². The van der Waals surface area contributed by atoms with Gasteiger partial charge >= 0.3 is 0 Å². The third kappa shape index (κ3) is 4.33. The minimum absolute atomic E-state index is 0.138. The Hall–Kier alpha value is -2.48. The van der Waals surface area contributed by atoms with Gasteiger partial charge in [0.05, 0.1) is 5.92 Å². The molecule has 4 rings (SSSR count). The van der Waals surface area contributed by atoms with E-state index in [2.05, 4.69) is 5.32 Å². The number of carbonyl (C=O) groups excluding carboxylic acids is 1. The van der Waals surface area contributed by atoms with Crippen molar-refractivity contribution in [1.29, 1.82) is 0 Å². The number of nitrogens with one attached hydrogen (secondary N) is 1. The molecule has 1 aliphatic rings. The smallest absolute Gasteiger partial charge is 0.252 e. The van der Waals surface area contributed by atoms with Gasteiger partial charge in [0.2, 0.25) is 5.91 Å². The number of piperidine rings is 1. The van der Waals surface area contributed by atoms with Gasteiger partial charge in [-0.1, -0.05) is 48.5 Å². The molecule has 0 saturated carbocycles. The maximum absolute atomic E-state index is 13.0. The highest BCUT2D eigenvalue weighted by Crippen LogP contribution is 2.31. The number of hydrogen-bond donors (Lipinski definition) is 1. The molecular weight excluding hydrogens is 416 g/mol. The lowest BCUT2D eigenvalue weighted by atomic mass is 9.98. The lowest BCUT2D eigenvalue weighted by Crippen LogP contribution is -2.43. The van der Waals surface area contributed by atoms with Crippen molar-refractivity contribution >= 4 is 33.0 Å². The number of anilines is 1. The van der Waals surface area contributed by atoms with Crippen molar-refractivity contribution in [2.75, 3.05) is 18.4 Å². The fourth-order valence-electron chi connectivity index (χ4n) is 3.75. The highest BCUT2D eigenvalue weighted by atomic mass is 32.2. The third-order valence-corrected chi connectivity index (χ3v) is 8.67. The summed E-state index contributed by atoms with van der Waals surface area (Å²) in [6, 6.07) is 21.0. The second kappa shape index (κ2) is 8.71. The normalized spacial score (nSPS) is 17.6. The van der Waals surface area contributed by atoms with Gasteiger partial charge in [-0.25, -0.2) is 8.42 Å². The maximum atomic E-state index is 13.0. The molecule has 0 bridgehead atoms. The first-order chi connectivity index (χ1) is 14.4. The van der Waals surface area contributed by atoms with Crippen LogP contribution in [0.4, 0.5) is 5.69 Å². The van der Waals surface area contributed by atoms with Crippen LogP contribution in [0.15, 0.2) is 70.9 Å².